The molecule has 1 amide bonds. The first-order valence-corrected chi connectivity index (χ1v) is 7.37. The molecule has 0 saturated carbocycles. The summed E-state index contributed by atoms with van der Waals surface area (Å²) >= 11 is 4.12. The highest BCUT2D eigenvalue weighted by atomic mass is 32.2. The van der Waals surface area contributed by atoms with Gasteiger partial charge in [-0.3, -0.25) is 10.2 Å². The zero-order valence-corrected chi connectivity index (χ0v) is 10.7. The normalized spacial score (nSPS) is 14.6. The largest absolute Gasteiger partial charge is 0.290 e. The van der Waals surface area contributed by atoms with Gasteiger partial charge in [-0.1, -0.05) is 18.2 Å². The third kappa shape index (κ3) is 5.44. The Kier molecular flexibility index (Phi) is 7.12. The molecule has 0 atom stereocenters. The summed E-state index contributed by atoms with van der Waals surface area (Å²) in [7, 11) is 0. The van der Waals surface area contributed by atoms with Crippen molar-refractivity contribution in [2.75, 3.05) is 16.6 Å². The Balaban J connectivity index is 0.000000181. The Morgan fingerprint density at radius 3 is 2.19 bits per heavy atom. The van der Waals surface area contributed by atoms with Crippen LogP contribution in [0, 0.1) is 0 Å². The molecule has 0 aromatic heterocycles. The van der Waals surface area contributed by atoms with Crippen LogP contribution in [-0.2, 0) is 0 Å². The molecule has 1 fully saturated rings. The molecule has 3 N–H and O–H groups in total. The van der Waals surface area contributed by atoms with Gasteiger partial charge in [-0.15, -0.1) is 0 Å². The van der Waals surface area contributed by atoms with E-state index in [0.717, 1.165) is 0 Å². The first kappa shape index (κ1) is 13.4. The van der Waals surface area contributed by atoms with Gasteiger partial charge in [0, 0.05) is 10.6 Å². The molecule has 0 unspecified atom stereocenters. The van der Waals surface area contributed by atoms with Crippen LogP contribution in [0.25, 0.3) is 0 Å². The molecule has 1 aliphatic heterocycles. The molecule has 1 aromatic rings. The van der Waals surface area contributed by atoms with Gasteiger partial charge in [-0.05, 0) is 30.1 Å². The van der Waals surface area contributed by atoms with Crippen LogP contribution in [0.2, 0.25) is 0 Å². The van der Waals surface area contributed by atoms with Crippen LogP contribution >= 0.6 is 23.5 Å². The fourth-order valence-corrected chi connectivity index (χ4v) is 3.41. The van der Waals surface area contributed by atoms with Crippen molar-refractivity contribution in [3.05, 3.63) is 35.9 Å². The summed E-state index contributed by atoms with van der Waals surface area (Å²) in [4.78, 5) is 10.8. The van der Waals surface area contributed by atoms with E-state index in [9.17, 15) is 4.79 Å². The van der Waals surface area contributed by atoms with Crippen LogP contribution in [0.1, 0.15) is 16.8 Å². The second-order valence-electron chi connectivity index (χ2n) is 3.13. The van der Waals surface area contributed by atoms with E-state index in [1.807, 2.05) is 11.5 Å². The number of nitrogens with one attached hydrogen (secondary N) is 1. The number of nitrogen functional groups attached to an aromatic ring is 1. The Hall–Kier alpha value is -0.650. The molecule has 1 aliphatic rings. The van der Waals surface area contributed by atoms with Crippen LogP contribution in [-0.4, -0.2) is 22.5 Å². The highest BCUT2D eigenvalue weighted by molar-refractivity contribution is 8.16. The molecule has 1 aromatic carbocycles. The molecular formula is C11H16N2OS2. The Bertz CT molecular complexity index is 291. The van der Waals surface area contributed by atoms with E-state index in [2.05, 4.69) is 23.5 Å². The Morgan fingerprint density at radius 2 is 1.81 bits per heavy atom. The third-order valence-corrected chi connectivity index (χ3v) is 4.40. The summed E-state index contributed by atoms with van der Waals surface area (Å²) < 4.78 is 0. The molecule has 3 nitrogen and oxygen atoms in total. The standard InChI is InChI=1S/C7H8N2O.C4H8S2/c8-9-7(10)6-4-2-1-3-5-6;1-2-5-4-6-3-1/h1-5H,8H2,(H,9,10);1-4H2. The minimum atomic E-state index is -0.263. The molecule has 0 radical (unpaired) electrons. The van der Waals surface area contributed by atoms with Crippen molar-refractivity contribution in [2.24, 2.45) is 5.84 Å². The molecule has 1 heterocycles. The van der Waals surface area contributed by atoms with Crippen molar-refractivity contribution in [2.45, 2.75) is 6.42 Å². The summed E-state index contributed by atoms with van der Waals surface area (Å²) in [6, 6.07) is 8.80. The van der Waals surface area contributed by atoms with E-state index in [4.69, 9.17) is 5.84 Å². The van der Waals surface area contributed by atoms with Crippen LogP contribution in [0.15, 0.2) is 30.3 Å². The highest BCUT2D eigenvalue weighted by Crippen LogP contribution is 2.19. The van der Waals surface area contributed by atoms with Gasteiger partial charge < -0.3 is 0 Å². The first-order valence-electron chi connectivity index (χ1n) is 5.06. The number of carbonyl (C=O) groups excluding carboxylic acids is 1. The van der Waals surface area contributed by atoms with Crippen molar-refractivity contribution in [3.8, 4) is 0 Å². The van der Waals surface area contributed by atoms with Crippen molar-refractivity contribution in [1.29, 1.82) is 0 Å². The maximum atomic E-state index is 10.8. The molecule has 5 heteroatoms. The number of carbonyl (C=O) groups is 1. The number of hydrogen-bond donors (Lipinski definition) is 2. The lowest BCUT2D eigenvalue weighted by Gasteiger charge is -2.05. The van der Waals surface area contributed by atoms with Gasteiger partial charge in [-0.2, -0.15) is 23.5 Å². The summed E-state index contributed by atoms with van der Waals surface area (Å²) in [5, 5.41) is 1.33. The zero-order valence-electron chi connectivity index (χ0n) is 9.02. The summed E-state index contributed by atoms with van der Waals surface area (Å²) in [5.41, 5.74) is 2.62. The minimum Gasteiger partial charge on any atom is -0.290 e. The molecule has 16 heavy (non-hydrogen) atoms. The topological polar surface area (TPSA) is 55.1 Å². The van der Waals surface area contributed by atoms with Gasteiger partial charge in [0.2, 0.25) is 0 Å². The van der Waals surface area contributed by atoms with Gasteiger partial charge in [0.05, 0.1) is 0 Å². The number of thioether (sulfide) groups is 2. The van der Waals surface area contributed by atoms with Gasteiger partial charge in [-0.25, -0.2) is 5.84 Å². The van der Waals surface area contributed by atoms with Gasteiger partial charge >= 0.3 is 0 Å². The molecule has 0 spiro atoms. The van der Waals surface area contributed by atoms with Crippen LogP contribution in [0.5, 0.6) is 0 Å². The molecule has 88 valence electrons. The fourth-order valence-electron chi connectivity index (χ4n) is 1.11. The van der Waals surface area contributed by atoms with Crippen LogP contribution in [0.3, 0.4) is 0 Å². The van der Waals surface area contributed by atoms with E-state index in [-0.39, 0.29) is 5.91 Å². The maximum Gasteiger partial charge on any atom is 0.265 e. The average Bonchev–Trinajstić information content (AvgIpc) is 2.41. The lowest BCUT2D eigenvalue weighted by molar-refractivity contribution is 0.0953. The molecule has 1 saturated heterocycles. The maximum absolute atomic E-state index is 10.8. The number of nitrogens with two attached hydrogens (primary N) is 1. The lowest BCUT2D eigenvalue weighted by Crippen LogP contribution is -2.29. The van der Waals surface area contributed by atoms with Crippen molar-refractivity contribution < 1.29 is 4.79 Å². The molecule has 0 bridgehead atoms. The third-order valence-electron chi connectivity index (χ3n) is 1.91. The summed E-state index contributed by atoms with van der Waals surface area (Å²) in [6.07, 6.45) is 1.43. The fraction of sp³-hybridized carbons (Fsp3) is 0.364. The molecule has 2 rings (SSSR count). The van der Waals surface area contributed by atoms with E-state index < -0.39 is 0 Å². The van der Waals surface area contributed by atoms with Crippen molar-refractivity contribution in [1.82, 2.24) is 5.43 Å². The van der Waals surface area contributed by atoms with E-state index in [1.54, 1.807) is 24.3 Å². The summed E-state index contributed by atoms with van der Waals surface area (Å²) in [5.74, 6) is 7.43. The van der Waals surface area contributed by atoms with E-state index >= 15 is 0 Å². The number of hydrazine groups is 1. The Morgan fingerprint density at radius 1 is 1.19 bits per heavy atom. The van der Waals surface area contributed by atoms with E-state index in [1.165, 1.54) is 23.0 Å². The predicted octanol–water partition coefficient (Wildman–Crippen LogP) is 2.10. The number of amides is 1. The van der Waals surface area contributed by atoms with Gasteiger partial charge in [0.1, 0.15) is 0 Å². The number of rotatable bonds is 1. The van der Waals surface area contributed by atoms with Crippen LogP contribution in [0.4, 0.5) is 0 Å². The van der Waals surface area contributed by atoms with Crippen LogP contribution < -0.4 is 11.3 Å². The second-order valence-corrected chi connectivity index (χ2v) is 5.70. The van der Waals surface area contributed by atoms with Crippen molar-refractivity contribution in [3.63, 3.8) is 0 Å². The lowest BCUT2D eigenvalue weighted by atomic mass is 10.2. The van der Waals surface area contributed by atoms with Gasteiger partial charge in [0.25, 0.3) is 5.91 Å². The van der Waals surface area contributed by atoms with E-state index in [0.29, 0.717) is 5.56 Å². The Labute approximate surface area is 105 Å². The summed E-state index contributed by atoms with van der Waals surface area (Å²) in [6.45, 7) is 0. The zero-order chi connectivity index (χ0) is 11.6. The SMILES string of the molecule is C1CSCSC1.NNC(=O)c1ccccc1. The second kappa shape index (κ2) is 8.50. The predicted molar refractivity (Wildman–Crippen MR) is 72.5 cm³/mol. The average molecular weight is 256 g/mol. The van der Waals surface area contributed by atoms with Crippen molar-refractivity contribution >= 4 is 29.4 Å². The minimum absolute atomic E-state index is 0.263. The number of benzene rings is 1. The smallest absolute Gasteiger partial charge is 0.265 e. The monoisotopic (exact) mass is 256 g/mol. The first-order chi connectivity index (χ1) is 7.84. The molecule has 0 aliphatic carbocycles. The molecular weight excluding hydrogens is 240 g/mol. The number of hydrogen-bond acceptors (Lipinski definition) is 4. The quantitative estimate of drug-likeness (QED) is 0.459. The highest BCUT2D eigenvalue weighted by Gasteiger charge is 1.98. The van der Waals surface area contributed by atoms with Gasteiger partial charge in [0.15, 0.2) is 0 Å².